The molecule has 2 aromatic carbocycles. The summed E-state index contributed by atoms with van der Waals surface area (Å²) in [6.07, 6.45) is -20.2. The minimum atomic E-state index is -6.67. The first kappa shape index (κ1) is 31.4. The van der Waals surface area contributed by atoms with Crippen molar-refractivity contribution in [1.29, 1.82) is 0 Å². The van der Waals surface area contributed by atoms with Crippen LogP contribution in [0.1, 0.15) is 37.5 Å². The van der Waals surface area contributed by atoms with Crippen LogP contribution in [0.15, 0.2) is 46.3 Å². The molecule has 3 rings (SSSR count). The molecule has 0 saturated carbocycles. The summed E-state index contributed by atoms with van der Waals surface area (Å²) in [5, 5.41) is 0.845. The van der Waals surface area contributed by atoms with Gasteiger partial charge in [0.1, 0.15) is 11.5 Å². The van der Waals surface area contributed by atoms with Crippen LogP contribution in [0, 0.1) is 5.82 Å². The molecule has 0 N–H and O–H groups in total. The lowest BCUT2D eigenvalue weighted by molar-refractivity contribution is -0.348. The minimum absolute atomic E-state index is 0.133. The number of carbonyl (C=O) groups is 2. The number of alkyl halides is 10. The number of carbonyl (C=O) groups excluding carboxylic acids is 2. The summed E-state index contributed by atoms with van der Waals surface area (Å²) >= 11 is 3.11. The maximum atomic E-state index is 14.5. The van der Waals surface area contributed by atoms with Crippen LogP contribution in [0.25, 0.3) is 0 Å². The van der Waals surface area contributed by atoms with E-state index in [9.17, 15) is 57.9 Å². The van der Waals surface area contributed by atoms with Gasteiger partial charge in [0.05, 0.1) is 11.1 Å². The Balaban J connectivity index is 1.99. The van der Waals surface area contributed by atoms with Crippen LogP contribution in [0.2, 0.25) is 0 Å². The van der Waals surface area contributed by atoms with Gasteiger partial charge >= 0.3 is 24.2 Å². The van der Waals surface area contributed by atoms with Gasteiger partial charge in [0.2, 0.25) is 0 Å². The molecule has 0 aliphatic heterocycles. The largest absolute Gasteiger partial charge is 0.435 e. The smallest absolute Gasteiger partial charge is 0.292 e. The molecule has 3 aromatic rings. The van der Waals surface area contributed by atoms with E-state index in [0.717, 1.165) is 22.4 Å². The Morgan fingerprint density at radius 3 is 2.05 bits per heavy atom. The summed E-state index contributed by atoms with van der Waals surface area (Å²) in [6.45, 7) is 0. The Labute approximate surface area is 229 Å². The number of halogens is 12. The van der Waals surface area contributed by atoms with E-state index in [1.54, 1.807) is 0 Å². The van der Waals surface area contributed by atoms with Gasteiger partial charge in [0, 0.05) is 28.9 Å². The summed E-state index contributed by atoms with van der Waals surface area (Å²) in [7, 11) is 1.17. The molecule has 17 heteroatoms. The van der Waals surface area contributed by atoms with E-state index in [1.807, 2.05) is 0 Å². The van der Waals surface area contributed by atoms with Crippen molar-refractivity contribution < 1.29 is 57.9 Å². The molecule has 0 spiro atoms. The van der Waals surface area contributed by atoms with E-state index in [2.05, 4.69) is 20.9 Å². The fraction of sp³-hybridized carbons (Fsp3) is 0.261. The lowest BCUT2D eigenvalue weighted by Crippen LogP contribution is -2.50. The zero-order valence-electron chi connectivity index (χ0n) is 19.4. The lowest BCUT2D eigenvalue weighted by Gasteiger charge is -2.31. The number of anilines is 1. The van der Waals surface area contributed by atoms with Gasteiger partial charge in [0.15, 0.2) is 10.9 Å². The molecule has 1 aromatic heterocycles. The van der Waals surface area contributed by atoms with E-state index >= 15 is 0 Å². The van der Waals surface area contributed by atoms with Crippen LogP contribution >= 0.6 is 27.3 Å². The second kappa shape index (κ2) is 10.7. The average Bonchev–Trinajstić information content (AvgIpc) is 3.32. The third kappa shape index (κ3) is 5.84. The van der Waals surface area contributed by atoms with E-state index in [1.165, 1.54) is 19.2 Å². The summed E-state index contributed by atoms with van der Waals surface area (Å²) in [5.41, 5.74) is -12.6. The van der Waals surface area contributed by atoms with Gasteiger partial charge in [-0.05, 0) is 29.8 Å². The molecule has 0 radical (unpaired) electrons. The summed E-state index contributed by atoms with van der Waals surface area (Å²) in [6, 6.07) is 4.09. The molecule has 0 aliphatic rings. The standard InChI is InChI=1S/C23H12BrF11N2O2S/c1-37(18(39)11-4-2-3-5-15(11)25)19-36-16(9-40-19)17(38)8-12-13(21(27,28)29)6-10(7-14(12)24)20(26,22(30,31)32)23(33,34)35/h2-7,9H,8H2,1H3. The zero-order valence-corrected chi connectivity index (χ0v) is 21.8. The Morgan fingerprint density at radius 1 is 0.950 bits per heavy atom. The second-order valence-electron chi connectivity index (χ2n) is 8.10. The first-order valence-electron chi connectivity index (χ1n) is 10.4. The monoisotopic (exact) mass is 668 g/mol. The van der Waals surface area contributed by atoms with Crippen LogP contribution in [0.4, 0.5) is 53.4 Å². The minimum Gasteiger partial charge on any atom is -0.292 e. The quantitative estimate of drug-likeness (QED) is 0.197. The number of thiazole rings is 1. The van der Waals surface area contributed by atoms with Crippen LogP contribution in [-0.4, -0.2) is 36.1 Å². The van der Waals surface area contributed by atoms with Crippen molar-refractivity contribution in [3.8, 4) is 0 Å². The molecule has 0 fully saturated rings. The predicted molar refractivity (Wildman–Crippen MR) is 123 cm³/mol. The first-order valence-corrected chi connectivity index (χ1v) is 12.1. The summed E-state index contributed by atoms with van der Waals surface area (Å²) in [5.74, 6) is -2.92. The third-order valence-corrected chi connectivity index (χ3v) is 7.12. The highest BCUT2D eigenvalue weighted by atomic mass is 79.9. The first-order chi connectivity index (χ1) is 18.2. The predicted octanol–water partition coefficient (Wildman–Crippen LogP) is 8.05. The number of amides is 1. The van der Waals surface area contributed by atoms with Gasteiger partial charge in [-0.15, -0.1) is 11.3 Å². The number of hydrogen-bond acceptors (Lipinski definition) is 4. The zero-order chi connectivity index (χ0) is 30.4. The highest BCUT2D eigenvalue weighted by Gasteiger charge is 2.73. The molecule has 1 amide bonds. The molecule has 216 valence electrons. The number of Topliss-reactive ketones (excluding diaryl/α,β-unsaturated/α-hetero) is 1. The number of nitrogens with zero attached hydrogens (tertiary/aromatic N) is 2. The van der Waals surface area contributed by atoms with Gasteiger partial charge in [-0.1, -0.05) is 28.1 Å². The molecule has 0 bridgehead atoms. The normalized spacial score (nSPS) is 12.9. The van der Waals surface area contributed by atoms with Gasteiger partial charge in [-0.25, -0.2) is 13.8 Å². The van der Waals surface area contributed by atoms with Gasteiger partial charge in [-0.3, -0.25) is 14.5 Å². The summed E-state index contributed by atoms with van der Waals surface area (Å²) < 4.78 is 147. The molecule has 40 heavy (non-hydrogen) atoms. The Morgan fingerprint density at radius 2 is 1.52 bits per heavy atom. The Hall–Kier alpha value is -3.08. The van der Waals surface area contributed by atoms with Crippen molar-refractivity contribution in [2.24, 2.45) is 0 Å². The maximum Gasteiger partial charge on any atom is 0.435 e. The van der Waals surface area contributed by atoms with Gasteiger partial charge in [0.25, 0.3) is 5.91 Å². The number of benzene rings is 2. The van der Waals surface area contributed by atoms with E-state index in [4.69, 9.17) is 0 Å². The van der Waals surface area contributed by atoms with Crippen molar-refractivity contribution in [1.82, 2.24) is 4.98 Å². The van der Waals surface area contributed by atoms with Crippen LogP contribution in [0.3, 0.4) is 0 Å². The molecular formula is C23H12BrF11N2O2S. The highest BCUT2D eigenvalue weighted by Crippen LogP contribution is 2.54. The van der Waals surface area contributed by atoms with Crippen LogP contribution in [-0.2, 0) is 18.3 Å². The number of ketones is 1. The molecule has 0 aliphatic carbocycles. The maximum absolute atomic E-state index is 14.5. The Bertz CT molecular complexity index is 1430. The Kier molecular flexibility index (Phi) is 8.43. The van der Waals surface area contributed by atoms with Crippen molar-refractivity contribution in [2.75, 3.05) is 11.9 Å². The van der Waals surface area contributed by atoms with E-state index in [-0.39, 0.29) is 16.8 Å². The molecule has 0 atom stereocenters. The molecule has 0 unspecified atom stereocenters. The second-order valence-corrected chi connectivity index (χ2v) is 9.79. The number of aromatic nitrogens is 1. The molecular weight excluding hydrogens is 657 g/mol. The van der Waals surface area contributed by atoms with Crippen molar-refractivity contribution in [2.45, 2.75) is 30.6 Å². The van der Waals surface area contributed by atoms with Crippen molar-refractivity contribution in [3.63, 3.8) is 0 Å². The fourth-order valence-corrected chi connectivity index (χ4v) is 4.85. The highest BCUT2D eigenvalue weighted by molar-refractivity contribution is 9.10. The number of hydrogen-bond donors (Lipinski definition) is 0. The van der Waals surface area contributed by atoms with Crippen molar-refractivity contribution in [3.05, 3.63) is 80.0 Å². The van der Waals surface area contributed by atoms with Gasteiger partial charge < -0.3 is 0 Å². The SMILES string of the molecule is CN(C(=O)c1ccccc1F)c1nc(C(=O)Cc2c(Br)cc(C(F)(C(F)(F)F)C(F)(F)F)cc2C(F)(F)F)cs1. The molecule has 1 heterocycles. The van der Waals surface area contributed by atoms with Crippen LogP contribution in [0.5, 0.6) is 0 Å². The average molecular weight is 669 g/mol. The lowest BCUT2D eigenvalue weighted by atomic mass is 9.89. The van der Waals surface area contributed by atoms with E-state index in [0.29, 0.717) is 11.3 Å². The third-order valence-electron chi connectivity index (χ3n) is 5.49. The topological polar surface area (TPSA) is 50.3 Å². The molecule has 0 saturated heterocycles. The number of rotatable bonds is 6. The van der Waals surface area contributed by atoms with E-state index < -0.39 is 81.0 Å². The molecule has 4 nitrogen and oxygen atoms in total. The summed E-state index contributed by atoms with van der Waals surface area (Å²) in [4.78, 5) is 29.9. The van der Waals surface area contributed by atoms with Gasteiger partial charge in [-0.2, -0.15) is 39.5 Å². The van der Waals surface area contributed by atoms with Crippen LogP contribution < -0.4 is 4.90 Å². The fourth-order valence-electron chi connectivity index (χ4n) is 3.46. The van der Waals surface area contributed by atoms with Crippen molar-refractivity contribution >= 4 is 44.1 Å².